The summed E-state index contributed by atoms with van der Waals surface area (Å²) in [5.74, 6) is -0.0328. The van der Waals surface area contributed by atoms with Gasteiger partial charge in [0.25, 0.3) is 0 Å². The lowest BCUT2D eigenvalue weighted by atomic mass is 10.1. The number of halogens is 1. The van der Waals surface area contributed by atoms with E-state index in [9.17, 15) is 14.0 Å². The molecule has 0 aliphatic heterocycles. The largest absolute Gasteiger partial charge is 0.354 e. The molecule has 2 aromatic rings. The van der Waals surface area contributed by atoms with Crippen molar-refractivity contribution in [2.24, 2.45) is 5.92 Å². The van der Waals surface area contributed by atoms with Crippen molar-refractivity contribution in [1.29, 1.82) is 0 Å². The summed E-state index contributed by atoms with van der Waals surface area (Å²) in [6.45, 7) is 8.80. The molecule has 0 aromatic heterocycles. The molecule has 2 aromatic carbocycles. The highest BCUT2D eigenvalue weighted by Gasteiger charge is 2.28. The zero-order chi connectivity index (χ0) is 22.1. The quantitative estimate of drug-likeness (QED) is 0.551. The van der Waals surface area contributed by atoms with Crippen molar-refractivity contribution in [1.82, 2.24) is 10.2 Å². The molecule has 0 saturated carbocycles. The molecule has 1 unspecified atom stereocenters. The second-order valence-corrected chi connectivity index (χ2v) is 8.86. The van der Waals surface area contributed by atoms with E-state index < -0.39 is 6.04 Å². The van der Waals surface area contributed by atoms with Gasteiger partial charge in [-0.25, -0.2) is 4.39 Å². The molecule has 0 saturated heterocycles. The molecule has 0 radical (unpaired) electrons. The van der Waals surface area contributed by atoms with E-state index in [2.05, 4.69) is 5.32 Å². The Labute approximate surface area is 183 Å². The van der Waals surface area contributed by atoms with Gasteiger partial charge in [0.15, 0.2) is 0 Å². The summed E-state index contributed by atoms with van der Waals surface area (Å²) in [4.78, 5) is 28.6. The Morgan fingerprint density at radius 3 is 2.27 bits per heavy atom. The topological polar surface area (TPSA) is 49.4 Å². The Morgan fingerprint density at radius 1 is 1.07 bits per heavy atom. The minimum atomic E-state index is -0.570. The Hall–Kier alpha value is -2.34. The van der Waals surface area contributed by atoms with Crippen LogP contribution >= 0.6 is 11.8 Å². The van der Waals surface area contributed by atoms with Gasteiger partial charge in [-0.15, -0.1) is 11.8 Å². The van der Waals surface area contributed by atoms with Crippen LogP contribution in [-0.2, 0) is 16.1 Å². The van der Waals surface area contributed by atoms with Gasteiger partial charge in [-0.2, -0.15) is 0 Å². The van der Waals surface area contributed by atoms with Crippen LogP contribution in [0.1, 0.15) is 38.3 Å². The third-order valence-electron chi connectivity index (χ3n) is 4.72. The molecule has 30 heavy (non-hydrogen) atoms. The second-order valence-electron chi connectivity index (χ2n) is 7.81. The molecule has 2 rings (SSSR count). The summed E-state index contributed by atoms with van der Waals surface area (Å²) in [5, 5.41) is 2.94. The van der Waals surface area contributed by atoms with Crippen molar-refractivity contribution in [2.45, 2.75) is 51.6 Å². The van der Waals surface area contributed by atoms with E-state index in [0.717, 1.165) is 16.0 Å². The first-order valence-corrected chi connectivity index (χ1v) is 11.3. The van der Waals surface area contributed by atoms with E-state index in [-0.39, 0.29) is 29.9 Å². The van der Waals surface area contributed by atoms with Crippen LogP contribution < -0.4 is 5.32 Å². The van der Waals surface area contributed by atoms with Crippen molar-refractivity contribution in [3.8, 4) is 0 Å². The number of rotatable bonds is 10. The summed E-state index contributed by atoms with van der Waals surface area (Å²) < 4.78 is 13.3. The first-order chi connectivity index (χ1) is 14.3. The molecule has 6 heteroatoms. The third-order valence-corrected chi connectivity index (χ3v) is 5.72. The summed E-state index contributed by atoms with van der Waals surface area (Å²) in [5.41, 5.74) is 1.96. The lowest BCUT2D eigenvalue weighted by Crippen LogP contribution is -2.50. The third kappa shape index (κ3) is 7.48. The van der Waals surface area contributed by atoms with E-state index in [1.165, 1.54) is 23.9 Å². The van der Waals surface area contributed by atoms with Crippen LogP contribution in [0.3, 0.4) is 0 Å². The number of thioether (sulfide) groups is 1. The minimum absolute atomic E-state index is 0.114. The highest BCUT2D eigenvalue weighted by Crippen LogP contribution is 2.21. The van der Waals surface area contributed by atoms with Gasteiger partial charge in [-0.05, 0) is 49.1 Å². The molecule has 0 aliphatic carbocycles. The van der Waals surface area contributed by atoms with E-state index in [1.807, 2.05) is 52.0 Å². The van der Waals surface area contributed by atoms with Crippen LogP contribution in [-0.4, -0.2) is 35.1 Å². The number of amides is 2. The Bertz CT molecular complexity index is 822. The summed E-state index contributed by atoms with van der Waals surface area (Å²) >= 11 is 1.45. The van der Waals surface area contributed by atoms with Gasteiger partial charge in [-0.3, -0.25) is 9.59 Å². The molecule has 0 spiro atoms. The van der Waals surface area contributed by atoms with E-state index in [0.29, 0.717) is 18.9 Å². The molecule has 0 fully saturated rings. The Morgan fingerprint density at radius 2 is 1.70 bits per heavy atom. The zero-order valence-electron chi connectivity index (χ0n) is 18.2. The van der Waals surface area contributed by atoms with Crippen LogP contribution in [0.15, 0.2) is 53.4 Å². The molecule has 0 aliphatic rings. The molecule has 0 bridgehead atoms. The molecule has 0 heterocycles. The lowest BCUT2D eigenvalue weighted by molar-refractivity contribution is -0.139. The highest BCUT2D eigenvalue weighted by molar-refractivity contribution is 8.00. The predicted molar refractivity (Wildman–Crippen MR) is 121 cm³/mol. The van der Waals surface area contributed by atoms with Crippen LogP contribution in [0, 0.1) is 18.7 Å². The number of nitrogens with zero attached hydrogens (tertiary/aromatic N) is 1. The fraction of sp³-hybridized carbons (Fsp3) is 0.417. The minimum Gasteiger partial charge on any atom is -0.354 e. The van der Waals surface area contributed by atoms with Gasteiger partial charge in [0.05, 0.1) is 5.75 Å². The van der Waals surface area contributed by atoms with Crippen LogP contribution in [0.2, 0.25) is 0 Å². The van der Waals surface area contributed by atoms with Crippen molar-refractivity contribution < 1.29 is 14.0 Å². The lowest BCUT2D eigenvalue weighted by Gasteiger charge is -2.31. The van der Waals surface area contributed by atoms with Gasteiger partial charge in [-0.1, -0.05) is 50.6 Å². The molecule has 2 amide bonds. The molecule has 162 valence electrons. The van der Waals surface area contributed by atoms with E-state index >= 15 is 0 Å². The standard InChI is InChI=1S/C24H31FN2O2S/c1-5-22(24(29)26-14-17(2)3)27(15-19-8-10-20(25)11-9-19)23(28)16-30-21-12-6-18(4)7-13-21/h6-13,17,22H,5,14-16H2,1-4H3,(H,26,29). The molecular weight excluding hydrogens is 399 g/mol. The Balaban J connectivity index is 2.17. The number of nitrogens with one attached hydrogen (secondary N) is 1. The van der Waals surface area contributed by atoms with Gasteiger partial charge in [0.1, 0.15) is 11.9 Å². The van der Waals surface area contributed by atoms with Gasteiger partial charge in [0, 0.05) is 18.0 Å². The maximum atomic E-state index is 13.3. The predicted octanol–water partition coefficient (Wildman–Crippen LogP) is 4.81. The number of carbonyl (C=O) groups excluding carboxylic acids is 2. The summed E-state index contributed by atoms with van der Waals surface area (Å²) in [6, 6.07) is 13.5. The maximum absolute atomic E-state index is 13.3. The first kappa shape index (κ1) is 23.9. The Kier molecular flexibility index (Phi) is 9.37. The number of benzene rings is 2. The van der Waals surface area contributed by atoms with Crippen molar-refractivity contribution in [2.75, 3.05) is 12.3 Å². The van der Waals surface area contributed by atoms with Gasteiger partial charge in [0.2, 0.25) is 11.8 Å². The summed E-state index contributed by atoms with van der Waals surface area (Å²) in [7, 11) is 0. The van der Waals surface area contributed by atoms with E-state index in [4.69, 9.17) is 0 Å². The smallest absolute Gasteiger partial charge is 0.242 e. The van der Waals surface area contributed by atoms with Crippen LogP contribution in [0.5, 0.6) is 0 Å². The normalized spacial score (nSPS) is 11.9. The van der Waals surface area contributed by atoms with Crippen LogP contribution in [0.25, 0.3) is 0 Å². The molecular formula is C24H31FN2O2S. The average molecular weight is 431 g/mol. The number of hydrogen-bond acceptors (Lipinski definition) is 3. The van der Waals surface area contributed by atoms with Crippen LogP contribution in [0.4, 0.5) is 4.39 Å². The maximum Gasteiger partial charge on any atom is 0.242 e. The van der Waals surface area contributed by atoms with Gasteiger partial charge < -0.3 is 10.2 Å². The average Bonchev–Trinajstić information content (AvgIpc) is 2.72. The number of aryl methyl sites for hydroxylation is 1. The first-order valence-electron chi connectivity index (χ1n) is 10.3. The summed E-state index contributed by atoms with van der Waals surface area (Å²) in [6.07, 6.45) is 0.506. The molecule has 1 N–H and O–H groups in total. The monoisotopic (exact) mass is 430 g/mol. The zero-order valence-corrected chi connectivity index (χ0v) is 19.0. The van der Waals surface area contributed by atoms with Crippen molar-refractivity contribution in [3.05, 3.63) is 65.5 Å². The van der Waals surface area contributed by atoms with Gasteiger partial charge >= 0.3 is 0 Å². The fourth-order valence-electron chi connectivity index (χ4n) is 2.99. The van der Waals surface area contributed by atoms with E-state index in [1.54, 1.807) is 17.0 Å². The fourth-order valence-corrected chi connectivity index (χ4v) is 3.78. The molecule has 1 atom stereocenters. The SMILES string of the molecule is CCC(C(=O)NCC(C)C)N(Cc1ccc(F)cc1)C(=O)CSc1ccc(C)cc1. The number of carbonyl (C=O) groups is 2. The van der Waals surface area contributed by atoms with Crippen molar-refractivity contribution in [3.63, 3.8) is 0 Å². The molecule has 4 nitrogen and oxygen atoms in total. The number of hydrogen-bond donors (Lipinski definition) is 1. The highest BCUT2D eigenvalue weighted by atomic mass is 32.2. The van der Waals surface area contributed by atoms with Crippen molar-refractivity contribution >= 4 is 23.6 Å². The second kappa shape index (κ2) is 11.7.